The standard InChI is InChI=1S/C23H19FN4O2/c24-20-4-2-6-22(12-20)30-14-18-3-1-5-21(11-18)27-23(29)19-9-7-17(8-10-19)13-28-16-25-15-26-28/h1-12,15-16H,13-14H2,(H,27,29). The van der Waals surface area contributed by atoms with Crippen LogP contribution in [-0.4, -0.2) is 20.7 Å². The minimum absolute atomic E-state index is 0.203. The Labute approximate surface area is 173 Å². The van der Waals surface area contributed by atoms with Crippen LogP contribution >= 0.6 is 0 Å². The lowest BCUT2D eigenvalue weighted by atomic mass is 10.1. The molecule has 0 aliphatic carbocycles. The lowest BCUT2D eigenvalue weighted by Crippen LogP contribution is -2.12. The van der Waals surface area contributed by atoms with Crippen LogP contribution < -0.4 is 10.1 Å². The molecule has 0 unspecified atom stereocenters. The van der Waals surface area contributed by atoms with Crippen LogP contribution in [0.1, 0.15) is 21.5 Å². The van der Waals surface area contributed by atoms with Gasteiger partial charge in [-0.3, -0.25) is 4.79 Å². The normalized spacial score (nSPS) is 10.6. The molecule has 6 nitrogen and oxygen atoms in total. The van der Waals surface area contributed by atoms with Crippen LogP contribution in [-0.2, 0) is 13.2 Å². The second-order valence-corrected chi connectivity index (χ2v) is 6.69. The number of hydrogen-bond donors (Lipinski definition) is 1. The minimum Gasteiger partial charge on any atom is -0.489 e. The molecular weight excluding hydrogens is 383 g/mol. The fourth-order valence-electron chi connectivity index (χ4n) is 2.93. The highest BCUT2D eigenvalue weighted by Gasteiger charge is 2.07. The van der Waals surface area contributed by atoms with Crippen LogP contribution in [0.2, 0.25) is 0 Å². The first-order valence-electron chi connectivity index (χ1n) is 9.36. The Bertz CT molecular complexity index is 1130. The number of hydrogen-bond acceptors (Lipinski definition) is 4. The van der Waals surface area contributed by atoms with Crippen molar-refractivity contribution in [3.63, 3.8) is 0 Å². The van der Waals surface area contributed by atoms with E-state index in [1.54, 1.807) is 35.3 Å². The summed E-state index contributed by atoms with van der Waals surface area (Å²) in [5.41, 5.74) is 3.10. The highest BCUT2D eigenvalue weighted by Crippen LogP contribution is 2.17. The van der Waals surface area contributed by atoms with Crippen molar-refractivity contribution in [1.82, 2.24) is 14.8 Å². The van der Waals surface area contributed by atoms with Crippen molar-refractivity contribution in [2.45, 2.75) is 13.2 Å². The van der Waals surface area contributed by atoms with Crippen LogP contribution in [0.4, 0.5) is 10.1 Å². The fraction of sp³-hybridized carbons (Fsp3) is 0.0870. The van der Waals surface area contributed by atoms with Gasteiger partial charge in [-0.15, -0.1) is 0 Å². The van der Waals surface area contributed by atoms with Crippen molar-refractivity contribution in [2.24, 2.45) is 0 Å². The Morgan fingerprint density at radius 2 is 1.83 bits per heavy atom. The van der Waals surface area contributed by atoms with Gasteiger partial charge in [0, 0.05) is 17.3 Å². The summed E-state index contributed by atoms with van der Waals surface area (Å²) in [6.07, 6.45) is 3.13. The molecule has 0 bridgehead atoms. The van der Waals surface area contributed by atoms with E-state index in [0.29, 0.717) is 23.5 Å². The molecule has 0 aliphatic heterocycles. The Morgan fingerprint density at radius 1 is 1.00 bits per heavy atom. The third-order valence-corrected chi connectivity index (χ3v) is 4.41. The van der Waals surface area contributed by atoms with Crippen LogP contribution in [0.25, 0.3) is 0 Å². The van der Waals surface area contributed by atoms with Gasteiger partial charge in [0.15, 0.2) is 0 Å². The van der Waals surface area contributed by atoms with Gasteiger partial charge in [-0.05, 0) is 47.5 Å². The van der Waals surface area contributed by atoms with E-state index in [1.807, 2.05) is 36.4 Å². The molecule has 1 heterocycles. The zero-order valence-corrected chi connectivity index (χ0v) is 16.0. The summed E-state index contributed by atoms with van der Waals surface area (Å²) in [6, 6.07) is 20.7. The Balaban J connectivity index is 1.36. The highest BCUT2D eigenvalue weighted by atomic mass is 19.1. The Hall–Kier alpha value is -4.00. The Kier molecular flexibility index (Phi) is 5.80. The van der Waals surface area contributed by atoms with Gasteiger partial charge in [0.1, 0.15) is 30.8 Å². The average Bonchev–Trinajstić information content (AvgIpc) is 3.26. The van der Waals surface area contributed by atoms with E-state index in [0.717, 1.165) is 11.1 Å². The van der Waals surface area contributed by atoms with Gasteiger partial charge in [0.2, 0.25) is 0 Å². The van der Waals surface area contributed by atoms with Crippen molar-refractivity contribution >= 4 is 11.6 Å². The van der Waals surface area contributed by atoms with Crippen molar-refractivity contribution < 1.29 is 13.9 Å². The van der Waals surface area contributed by atoms with E-state index < -0.39 is 0 Å². The number of ether oxygens (including phenoxy) is 1. The molecule has 0 aliphatic rings. The summed E-state index contributed by atoms with van der Waals surface area (Å²) in [4.78, 5) is 16.5. The molecule has 7 heteroatoms. The molecule has 4 aromatic rings. The van der Waals surface area contributed by atoms with Gasteiger partial charge < -0.3 is 10.1 Å². The summed E-state index contributed by atoms with van der Waals surface area (Å²) >= 11 is 0. The van der Waals surface area contributed by atoms with Crippen molar-refractivity contribution in [3.8, 4) is 5.75 Å². The largest absolute Gasteiger partial charge is 0.489 e. The number of amides is 1. The number of rotatable bonds is 7. The molecular formula is C23H19FN4O2. The molecule has 30 heavy (non-hydrogen) atoms. The monoisotopic (exact) mass is 402 g/mol. The summed E-state index contributed by atoms with van der Waals surface area (Å²) in [6.45, 7) is 0.861. The predicted molar refractivity (Wildman–Crippen MR) is 111 cm³/mol. The summed E-state index contributed by atoms with van der Waals surface area (Å²) in [7, 11) is 0. The zero-order chi connectivity index (χ0) is 20.8. The molecule has 0 fully saturated rings. The van der Waals surface area contributed by atoms with Crippen molar-refractivity contribution in [1.29, 1.82) is 0 Å². The molecule has 0 spiro atoms. The number of anilines is 1. The van der Waals surface area contributed by atoms with Gasteiger partial charge in [-0.25, -0.2) is 14.1 Å². The van der Waals surface area contributed by atoms with E-state index in [2.05, 4.69) is 15.4 Å². The number of halogens is 1. The fourth-order valence-corrected chi connectivity index (χ4v) is 2.93. The van der Waals surface area contributed by atoms with Crippen LogP contribution in [0.5, 0.6) is 5.75 Å². The molecule has 0 radical (unpaired) electrons. The van der Waals surface area contributed by atoms with Crippen molar-refractivity contribution in [2.75, 3.05) is 5.32 Å². The quantitative estimate of drug-likeness (QED) is 0.501. The molecule has 0 atom stereocenters. The first kappa shape index (κ1) is 19.3. The molecule has 1 amide bonds. The van der Waals surface area contributed by atoms with Crippen LogP contribution in [0, 0.1) is 5.82 Å². The molecule has 0 saturated heterocycles. The van der Waals surface area contributed by atoms with Crippen LogP contribution in [0.3, 0.4) is 0 Å². The first-order valence-corrected chi connectivity index (χ1v) is 9.36. The second kappa shape index (κ2) is 9.00. The number of benzene rings is 3. The number of nitrogens with zero attached hydrogens (tertiary/aromatic N) is 3. The van der Waals surface area contributed by atoms with Gasteiger partial charge in [-0.1, -0.05) is 30.3 Å². The third-order valence-electron chi connectivity index (χ3n) is 4.41. The predicted octanol–water partition coefficient (Wildman–Crippen LogP) is 4.30. The van der Waals surface area contributed by atoms with E-state index in [-0.39, 0.29) is 18.3 Å². The topological polar surface area (TPSA) is 69.0 Å². The molecule has 0 saturated carbocycles. The van der Waals surface area contributed by atoms with Gasteiger partial charge in [0.05, 0.1) is 6.54 Å². The first-order chi connectivity index (χ1) is 14.7. The molecule has 1 aromatic heterocycles. The Morgan fingerprint density at radius 3 is 2.60 bits per heavy atom. The van der Waals surface area contributed by atoms with E-state index >= 15 is 0 Å². The zero-order valence-electron chi connectivity index (χ0n) is 16.0. The maximum absolute atomic E-state index is 13.2. The van der Waals surface area contributed by atoms with Crippen molar-refractivity contribution in [3.05, 3.63) is 108 Å². The average molecular weight is 402 g/mol. The van der Waals surface area contributed by atoms with E-state index in [4.69, 9.17) is 4.74 Å². The van der Waals surface area contributed by atoms with Gasteiger partial charge >= 0.3 is 0 Å². The van der Waals surface area contributed by atoms with Crippen LogP contribution in [0.15, 0.2) is 85.5 Å². The maximum atomic E-state index is 13.2. The summed E-state index contributed by atoms with van der Waals surface area (Å²) < 4.78 is 20.6. The lowest BCUT2D eigenvalue weighted by molar-refractivity contribution is 0.102. The molecule has 1 N–H and O–H groups in total. The number of carbonyl (C=O) groups excluding carboxylic acids is 1. The molecule has 150 valence electrons. The second-order valence-electron chi connectivity index (χ2n) is 6.69. The number of aromatic nitrogens is 3. The van der Waals surface area contributed by atoms with E-state index in [9.17, 15) is 9.18 Å². The van der Waals surface area contributed by atoms with E-state index in [1.165, 1.54) is 18.5 Å². The van der Waals surface area contributed by atoms with Gasteiger partial charge in [-0.2, -0.15) is 5.10 Å². The highest BCUT2D eigenvalue weighted by molar-refractivity contribution is 6.04. The van der Waals surface area contributed by atoms with Gasteiger partial charge in [0.25, 0.3) is 5.91 Å². The SMILES string of the molecule is O=C(Nc1cccc(COc2cccc(F)c2)c1)c1ccc(Cn2cncn2)cc1. The summed E-state index contributed by atoms with van der Waals surface area (Å²) in [5.74, 6) is -0.0956. The number of carbonyl (C=O) groups is 1. The molecule has 3 aromatic carbocycles. The molecule has 4 rings (SSSR count). The third kappa shape index (κ3) is 5.08. The summed E-state index contributed by atoms with van der Waals surface area (Å²) in [5, 5.41) is 6.96. The lowest BCUT2D eigenvalue weighted by Gasteiger charge is -2.10. The minimum atomic E-state index is -0.346. The maximum Gasteiger partial charge on any atom is 0.255 e. The smallest absolute Gasteiger partial charge is 0.255 e. The number of nitrogens with one attached hydrogen (secondary N) is 1.